The Morgan fingerprint density at radius 1 is 1.11 bits per heavy atom. The molecule has 138 valence electrons. The second-order valence-corrected chi connectivity index (χ2v) is 6.26. The van der Waals surface area contributed by atoms with Crippen LogP contribution in [0.1, 0.15) is 21.6 Å². The number of ether oxygens (including phenoxy) is 1. The number of methoxy groups -OCH3 is 1. The van der Waals surface area contributed by atoms with Crippen LogP contribution in [0, 0.1) is 6.92 Å². The molecule has 0 spiro atoms. The first-order valence-electron chi connectivity index (χ1n) is 8.60. The smallest absolute Gasteiger partial charge is 0.275 e. The third-order valence-corrected chi connectivity index (χ3v) is 4.13. The molecule has 0 fully saturated rings. The molecule has 0 atom stereocenters. The van der Waals surface area contributed by atoms with E-state index in [1.54, 1.807) is 13.3 Å². The predicted octanol–water partition coefficient (Wildman–Crippen LogP) is 3.68. The van der Waals surface area contributed by atoms with Crippen LogP contribution in [-0.4, -0.2) is 30.0 Å². The van der Waals surface area contributed by atoms with Gasteiger partial charge in [0.2, 0.25) is 0 Å². The maximum atomic E-state index is 12.5. The van der Waals surface area contributed by atoms with E-state index >= 15 is 0 Å². The summed E-state index contributed by atoms with van der Waals surface area (Å²) in [5.41, 5.74) is 3.05. The van der Waals surface area contributed by atoms with Gasteiger partial charge in [-0.2, -0.15) is 0 Å². The second-order valence-electron chi connectivity index (χ2n) is 6.26. The van der Waals surface area contributed by atoms with E-state index in [4.69, 9.17) is 4.74 Å². The molecule has 0 bridgehead atoms. The average Bonchev–Trinajstić information content (AvgIpc) is 2.69. The van der Waals surface area contributed by atoms with Crippen LogP contribution in [0.3, 0.4) is 0 Å². The molecule has 1 N–H and O–H groups in total. The molecule has 2 aromatic carbocycles. The van der Waals surface area contributed by atoms with Crippen molar-refractivity contribution in [1.29, 1.82) is 0 Å². The van der Waals surface area contributed by atoms with E-state index in [0.717, 1.165) is 5.56 Å². The summed E-state index contributed by atoms with van der Waals surface area (Å²) in [7, 11) is 3.51. The lowest BCUT2D eigenvalue weighted by molar-refractivity contribution is 0.102. The maximum absolute atomic E-state index is 12.5. The fourth-order valence-electron chi connectivity index (χ4n) is 2.68. The Labute approximate surface area is 158 Å². The number of carbonyl (C=O) groups is 1. The highest BCUT2D eigenvalue weighted by Crippen LogP contribution is 2.25. The summed E-state index contributed by atoms with van der Waals surface area (Å²) in [5.74, 6) is 0.966. The van der Waals surface area contributed by atoms with E-state index in [0.29, 0.717) is 23.8 Å². The van der Waals surface area contributed by atoms with Crippen molar-refractivity contribution >= 4 is 17.4 Å². The molecule has 3 aromatic rings. The van der Waals surface area contributed by atoms with Gasteiger partial charge in [-0.25, -0.2) is 9.97 Å². The number of rotatable bonds is 6. The van der Waals surface area contributed by atoms with Crippen molar-refractivity contribution in [2.45, 2.75) is 13.5 Å². The minimum atomic E-state index is -0.330. The van der Waals surface area contributed by atoms with Gasteiger partial charge in [0.15, 0.2) is 0 Å². The molecule has 6 heteroatoms. The molecule has 0 aliphatic carbocycles. The Balaban J connectivity index is 1.69. The molecule has 27 heavy (non-hydrogen) atoms. The first-order valence-corrected chi connectivity index (χ1v) is 8.60. The third kappa shape index (κ3) is 4.61. The second kappa shape index (κ2) is 8.31. The maximum Gasteiger partial charge on any atom is 0.275 e. The summed E-state index contributed by atoms with van der Waals surface area (Å²) in [4.78, 5) is 23.1. The number of hydrogen-bond acceptors (Lipinski definition) is 5. The van der Waals surface area contributed by atoms with E-state index in [1.165, 1.54) is 11.8 Å². The number of nitrogens with one attached hydrogen (secondary N) is 1. The summed E-state index contributed by atoms with van der Waals surface area (Å²) in [6.07, 6.45) is 3.08. The summed E-state index contributed by atoms with van der Waals surface area (Å²) in [5, 5.41) is 2.83. The fraction of sp³-hybridized carbons (Fsp3) is 0.190. The zero-order valence-corrected chi connectivity index (χ0v) is 15.6. The number of nitrogens with zero attached hydrogens (tertiary/aromatic N) is 3. The van der Waals surface area contributed by atoms with Crippen LogP contribution in [0.2, 0.25) is 0 Å². The molecular formula is C21H22N4O2. The first-order chi connectivity index (χ1) is 13.1. The van der Waals surface area contributed by atoms with Gasteiger partial charge in [-0.3, -0.25) is 4.79 Å². The minimum Gasteiger partial charge on any atom is -0.495 e. The van der Waals surface area contributed by atoms with Crippen molar-refractivity contribution < 1.29 is 9.53 Å². The zero-order chi connectivity index (χ0) is 19.2. The molecule has 3 rings (SSSR count). The standard InChI is InChI=1S/C21H22N4O2/c1-15-9-10-19(27-3)17(11-15)24-21(26)18-12-23-20(13-22-18)25(2)14-16-7-5-4-6-8-16/h4-13H,14H2,1-3H3,(H,24,26). The Morgan fingerprint density at radius 3 is 2.56 bits per heavy atom. The summed E-state index contributed by atoms with van der Waals surface area (Å²) < 4.78 is 5.29. The molecule has 0 unspecified atom stereocenters. The van der Waals surface area contributed by atoms with E-state index in [9.17, 15) is 4.79 Å². The summed E-state index contributed by atoms with van der Waals surface area (Å²) >= 11 is 0. The molecular weight excluding hydrogens is 340 g/mol. The van der Waals surface area contributed by atoms with Crippen LogP contribution < -0.4 is 15.0 Å². The molecule has 1 heterocycles. The summed E-state index contributed by atoms with van der Waals surface area (Å²) in [6.45, 7) is 2.66. The van der Waals surface area contributed by atoms with Crippen molar-refractivity contribution in [1.82, 2.24) is 9.97 Å². The highest BCUT2D eigenvalue weighted by atomic mass is 16.5. The van der Waals surface area contributed by atoms with Gasteiger partial charge in [0, 0.05) is 13.6 Å². The lowest BCUT2D eigenvalue weighted by atomic mass is 10.2. The number of hydrogen-bond donors (Lipinski definition) is 1. The molecule has 0 radical (unpaired) electrons. The molecule has 0 saturated heterocycles. The molecule has 0 aliphatic heterocycles. The van der Waals surface area contributed by atoms with Gasteiger partial charge < -0.3 is 15.0 Å². The van der Waals surface area contributed by atoms with Gasteiger partial charge >= 0.3 is 0 Å². The van der Waals surface area contributed by atoms with Gasteiger partial charge in [-0.05, 0) is 30.2 Å². The quantitative estimate of drug-likeness (QED) is 0.724. The number of aromatic nitrogens is 2. The monoisotopic (exact) mass is 362 g/mol. The normalized spacial score (nSPS) is 10.3. The van der Waals surface area contributed by atoms with E-state index in [-0.39, 0.29) is 11.6 Å². The highest BCUT2D eigenvalue weighted by molar-refractivity contribution is 6.03. The molecule has 6 nitrogen and oxygen atoms in total. The average molecular weight is 362 g/mol. The van der Waals surface area contributed by atoms with E-state index < -0.39 is 0 Å². The van der Waals surface area contributed by atoms with Crippen LogP contribution in [-0.2, 0) is 6.54 Å². The van der Waals surface area contributed by atoms with Crippen molar-refractivity contribution in [3.63, 3.8) is 0 Å². The van der Waals surface area contributed by atoms with Gasteiger partial charge in [-0.1, -0.05) is 36.4 Å². The molecule has 0 aliphatic rings. The number of aryl methyl sites for hydroxylation is 1. The van der Waals surface area contributed by atoms with E-state index in [1.807, 2.05) is 55.3 Å². The predicted molar refractivity (Wildman–Crippen MR) is 106 cm³/mol. The lowest BCUT2D eigenvalue weighted by Crippen LogP contribution is -2.19. The van der Waals surface area contributed by atoms with Crippen LogP contribution >= 0.6 is 0 Å². The lowest BCUT2D eigenvalue weighted by Gasteiger charge is -2.18. The Hall–Kier alpha value is -3.41. The van der Waals surface area contributed by atoms with Gasteiger partial charge in [0.05, 0.1) is 25.2 Å². The SMILES string of the molecule is COc1ccc(C)cc1NC(=O)c1cnc(N(C)Cc2ccccc2)cn1. The zero-order valence-electron chi connectivity index (χ0n) is 15.6. The van der Waals surface area contributed by atoms with Gasteiger partial charge in [0.1, 0.15) is 17.3 Å². The Morgan fingerprint density at radius 2 is 1.89 bits per heavy atom. The topological polar surface area (TPSA) is 67.3 Å². The number of benzene rings is 2. The van der Waals surface area contributed by atoms with Crippen molar-refractivity contribution in [2.24, 2.45) is 0 Å². The largest absolute Gasteiger partial charge is 0.495 e. The fourth-order valence-corrected chi connectivity index (χ4v) is 2.68. The minimum absolute atomic E-state index is 0.246. The van der Waals surface area contributed by atoms with Gasteiger partial charge in [0.25, 0.3) is 5.91 Å². The van der Waals surface area contributed by atoms with Crippen LogP contribution in [0.25, 0.3) is 0 Å². The highest BCUT2D eigenvalue weighted by Gasteiger charge is 2.13. The van der Waals surface area contributed by atoms with Gasteiger partial charge in [-0.15, -0.1) is 0 Å². The number of carbonyl (C=O) groups excluding carboxylic acids is 1. The number of anilines is 2. The Kier molecular flexibility index (Phi) is 5.66. The van der Waals surface area contributed by atoms with Crippen LogP contribution in [0.4, 0.5) is 11.5 Å². The molecule has 0 saturated carbocycles. The van der Waals surface area contributed by atoms with Crippen molar-refractivity contribution in [2.75, 3.05) is 24.4 Å². The van der Waals surface area contributed by atoms with Crippen molar-refractivity contribution in [3.8, 4) is 5.75 Å². The van der Waals surface area contributed by atoms with Crippen LogP contribution in [0.15, 0.2) is 60.9 Å². The Bertz CT molecular complexity index is 911. The molecule has 1 aromatic heterocycles. The summed E-state index contributed by atoms with van der Waals surface area (Å²) in [6, 6.07) is 15.7. The number of amides is 1. The van der Waals surface area contributed by atoms with Crippen LogP contribution in [0.5, 0.6) is 5.75 Å². The van der Waals surface area contributed by atoms with E-state index in [2.05, 4.69) is 27.4 Å². The van der Waals surface area contributed by atoms with Crippen molar-refractivity contribution in [3.05, 3.63) is 77.7 Å². The molecule has 1 amide bonds. The third-order valence-electron chi connectivity index (χ3n) is 4.13. The first kappa shape index (κ1) is 18.4.